The van der Waals surface area contributed by atoms with E-state index in [1.807, 2.05) is 108 Å². The molecule has 0 atom stereocenters. The van der Waals surface area contributed by atoms with Crippen molar-refractivity contribution in [2.24, 2.45) is 0 Å². The summed E-state index contributed by atoms with van der Waals surface area (Å²) in [5, 5.41) is 15.1. The highest BCUT2D eigenvalue weighted by Crippen LogP contribution is 2.43. The van der Waals surface area contributed by atoms with Crippen LogP contribution in [0.3, 0.4) is 0 Å². The second-order valence-electron chi connectivity index (χ2n) is 11.7. The van der Waals surface area contributed by atoms with Gasteiger partial charge in [0, 0.05) is 21.5 Å². The second kappa shape index (κ2) is 10.1. The molecule has 0 aliphatic heterocycles. The quantitative estimate of drug-likeness (QED) is 0.197. The zero-order valence-corrected chi connectivity index (χ0v) is 25.0. The van der Waals surface area contributed by atoms with Crippen LogP contribution in [0.1, 0.15) is 22.3 Å². The fourth-order valence-electron chi connectivity index (χ4n) is 7.13. The van der Waals surface area contributed by atoms with E-state index in [9.17, 15) is 18.4 Å². The second-order valence-corrected chi connectivity index (χ2v) is 11.7. The molecule has 8 rings (SSSR count). The number of rotatable bonds is 3. The summed E-state index contributed by atoms with van der Waals surface area (Å²) >= 11 is 0. The van der Waals surface area contributed by atoms with Crippen molar-refractivity contribution in [2.45, 2.75) is 20.0 Å². The molecule has 6 aromatic carbocycles. The first kappa shape index (κ1) is 27.7. The Morgan fingerprint density at radius 2 is 1.02 bits per heavy atom. The normalized spacial score (nSPS) is 12.0. The summed E-state index contributed by atoms with van der Waals surface area (Å²) in [6.07, 6.45) is -4.57. The molecule has 0 radical (unpaired) electrons. The third-order valence-electron chi connectivity index (χ3n) is 9.05. The maximum Gasteiger partial charge on any atom is 0.417 e. The third kappa shape index (κ3) is 3.98. The van der Waals surface area contributed by atoms with Crippen LogP contribution in [-0.4, -0.2) is 9.13 Å². The highest BCUT2D eigenvalue weighted by atomic mass is 19.4. The Bertz CT molecular complexity index is 2420. The minimum Gasteiger partial charge on any atom is -0.308 e. The van der Waals surface area contributed by atoms with Crippen LogP contribution < -0.4 is 0 Å². The lowest BCUT2D eigenvalue weighted by Crippen LogP contribution is -2.09. The molecular formula is C40H26F3N3. The maximum atomic E-state index is 14.5. The van der Waals surface area contributed by atoms with Crippen LogP contribution in [0.2, 0.25) is 0 Å². The predicted octanol–water partition coefficient (Wildman–Crippen LogP) is 11.1. The van der Waals surface area contributed by atoms with Gasteiger partial charge in [-0.15, -0.1) is 0 Å². The first-order valence-electron chi connectivity index (χ1n) is 15.0. The van der Waals surface area contributed by atoms with Gasteiger partial charge in [-0.25, -0.2) is 0 Å². The van der Waals surface area contributed by atoms with Gasteiger partial charge in [0.05, 0.1) is 39.0 Å². The molecule has 0 saturated heterocycles. The number of aryl methyl sites for hydroxylation is 2. The minimum absolute atomic E-state index is 0.0517. The van der Waals surface area contributed by atoms with Gasteiger partial charge in [-0.2, -0.15) is 18.4 Å². The number of halogens is 3. The maximum absolute atomic E-state index is 14.5. The summed E-state index contributed by atoms with van der Waals surface area (Å²) in [5.41, 5.74) is 6.72. The molecule has 0 aliphatic rings. The number of nitriles is 1. The molecule has 0 N–H and O–H groups in total. The Morgan fingerprint density at radius 1 is 0.565 bits per heavy atom. The molecular weight excluding hydrogens is 579 g/mol. The van der Waals surface area contributed by atoms with Crippen molar-refractivity contribution in [3.63, 3.8) is 0 Å². The van der Waals surface area contributed by atoms with Crippen LogP contribution in [0, 0.1) is 25.2 Å². The largest absolute Gasteiger partial charge is 0.417 e. The van der Waals surface area contributed by atoms with Crippen LogP contribution >= 0.6 is 0 Å². The van der Waals surface area contributed by atoms with E-state index in [0.717, 1.165) is 60.8 Å². The van der Waals surface area contributed by atoms with E-state index in [1.165, 1.54) is 12.1 Å². The van der Waals surface area contributed by atoms with Crippen molar-refractivity contribution in [3.05, 3.63) is 144 Å². The molecule has 6 heteroatoms. The number of nitrogens with zero attached hydrogens (tertiary/aromatic N) is 3. The minimum atomic E-state index is -4.57. The van der Waals surface area contributed by atoms with E-state index in [-0.39, 0.29) is 5.56 Å². The Balaban J connectivity index is 1.60. The van der Waals surface area contributed by atoms with Gasteiger partial charge in [-0.3, -0.25) is 0 Å². The number of aromatic nitrogens is 2. The number of hydrogen-bond donors (Lipinski definition) is 0. The van der Waals surface area contributed by atoms with Crippen LogP contribution in [0.5, 0.6) is 0 Å². The van der Waals surface area contributed by atoms with Crippen LogP contribution in [-0.2, 0) is 6.18 Å². The van der Waals surface area contributed by atoms with Crippen molar-refractivity contribution in [1.29, 1.82) is 5.26 Å². The Hall–Kier alpha value is -5.80. The summed E-state index contributed by atoms with van der Waals surface area (Å²) in [5.74, 6) is 0. The van der Waals surface area contributed by atoms with Gasteiger partial charge in [0.15, 0.2) is 0 Å². The summed E-state index contributed by atoms with van der Waals surface area (Å²) < 4.78 is 47.5. The molecule has 2 aromatic heterocycles. The van der Waals surface area contributed by atoms with Crippen molar-refractivity contribution in [2.75, 3.05) is 0 Å². The van der Waals surface area contributed by atoms with E-state index in [2.05, 4.69) is 6.07 Å². The van der Waals surface area contributed by atoms with Gasteiger partial charge in [0.1, 0.15) is 11.6 Å². The molecule has 8 aromatic rings. The van der Waals surface area contributed by atoms with Crippen molar-refractivity contribution >= 4 is 43.6 Å². The fourth-order valence-corrected chi connectivity index (χ4v) is 7.13. The SMILES string of the molecule is Cc1cccc2c1c1ccccc1n2-c1cc(-c2ccccc2C(F)(F)F)cc(-n2c3ccccc3c3c(C)cccc32)c1C#N. The average molecular weight is 606 g/mol. The Kier molecular flexibility index (Phi) is 6.10. The number of hydrogen-bond acceptors (Lipinski definition) is 1. The van der Waals surface area contributed by atoms with E-state index in [4.69, 9.17) is 0 Å². The molecule has 0 unspecified atom stereocenters. The number of para-hydroxylation sites is 2. The highest BCUT2D eigenvalue weighted by Gasteiger charge is 2.34. The van der Waals surface area contributed by atoms with Gasteiger partial charge in [-0.1, -0.05) is 78.9 Å². The summed E-state index contributed by atoms with van der Waals surface area (Å²) in [7, 11) is 0. The summed E-state index contributed by atoms with van der Waals surface area (Å²) in [6, 6.07) is 39.6. The monoisotopic (exact) mass is 605 g/mol. The van der Waals surface area contributed by atoms with Crippen molar-refractivity contribution < 1.29 is 13.2 Å². The van der Waals surface area contributed by atoms with Gasteiger partial charge < -0.3 is 9.13 Å². The van der Waals surface area contributed by atoms with Crippen molar-refractivity contribution in [1.82, 2.24) is 9.13 Å². The molecule has 0 saturated carbocycles. The molecule has 0 amide bonds. The van der Waals surface area contributed by atoms with Gasteiger partial charge in [0.2, 0.25) is 0 Å². The average Bonchev–Trinajstić information content (AvgIpc) is 3.58. The zero-order valence-electron chi connectivity index (χ0n) is 25.0. The first-order valence-corrected chi connectivity index (χ1v) is 15.0. The van der Waals surface area contributed by atoms with Crippen LogP contribution in [0.4, 0.5) is 13.2 Å². The zero-order chi connectivity index (χ0) is 31.7. The van der Waals surface area contributed by atoms with Crippen LogP contribution in [0.15, 0.2) is 121 Å². The van der Waals surface area contributed by atoms with E-state index in [0.29, 0.717) is 22.5 Å². The first-order chi connectivity index (χ1) is 22.3. The molecule has 0 bridgehead atoms. The Labute approximate surface area is 263 Å². The van der Waals surface area contributed by atoms with Gasteiger partial charge in [-0.05, 0) is 78.6 Å². The van der Waals surface area contributed by atoms with Crippen molar-refractivity contribution in [3.8, 4) is 28.6 Å². The molecule has 222 valence electrons. The predicted molar refractivity (Wildman–Crippen MR) is 180 cm³/mol. The lowest BCUT2D eigenvalue weighted by atomic mass is 9.96. The molecule has 0 fully saturated rings. The van der Waals surface area contributed by atoms with E-state index >= 15 is 0 Å². The van der Waals surface area contributed by atoms with E-state index in [1.54, 1.807) is 18.2 Å². The summed E-state index contributed by atoms with van der Waals surface area (Å²) in [6.45, 7) is 4.10. The Morgan fingerprint density at radius 3 is 1.52 bits per heavy atom. The summed E-state index contributed by atoms with van der Waals surface area (Å²) in [4.78, 5) is 0. The standard InChI is InChI=1S/C40H26F3N3/c1-24-11-9-19-34-38(24)28-14-4-7-17-32(28)45(34)36-21-26(27-13-3-6-16-31(27)40(41,42)43)22-37(30(36)23-44)46-33-18-8-5-15-29(33)39-25(2)12-10-20-35(39)46/h3-22H,1-2H3. The lowest BCUT2D eigenvalue weighted by Gasteiger charge is -2.20. The highest BCUT2D eigenvalue weighted by molar-refractivity contribution is 6.12. The van der Waals surface area contributed by atoms with Crippen LogP contribution in [0.25, 0.3) is 66.1 Å². The fraction of sp³-hybridized carbons (Fsp3) is 0.0750. The third-order valence-corrected chi connectivity index (χ3v) is 9.05. The molecule has 0 spiro atoms. The number of benzene rings is 6. The number of alkyl halides is 3. The molecule has 3 nitrogen and oxygen atoms in total. The van der Waals surface area contributed by atoms with E-state index < -0.39 is 11.7 Å². The topological polar surface area (TPSA) is 33.6 Å². The lowest BCUT2D eigenvalue weighted by molar-refractivity contribution is -0.137. The van der Waals surface area contributed by atoms with Gasteiger partial charge >= 0.3 is 6.18 Å². The number of fused-ring (bicyclic) bond motifs is 6. The molecule has 0 aliphatic carbocycles. The molecule has 2 heterocycles. The van der Waals surface area contributed by atoms with Gasteiger partial charge in [0.25, 0.3) is 0 Å². The molecule has 46 heavy (non-hydrogen) atoms. The smallest absolute Gasteiger partial charge is 0.308 e.